The number of rotatable bonds is 9. The topological polar surface area (TPSA) is 104 Å². The average Bonchev–Trinajstić information content (AvgIpc) is 2.55. The molecule has 140 valence electrons. The number of benzene rings is 1. The van der Waals surface area contributed by atoms with Crippen molar-refractivity contribution in [3.8, 4) is 0 Å². The number of halogens is 1. The van der Waals surface area contributed by atoms with Crippen molar-refractivity contribution >= 4 is 33.4 Å². The molecule has 1 unspecified atom stereocenters. The maximum absolute atomic E-state index is 12.4. The fourth-order valence-corrected chi connectivity index (χ4v) is 3.42. The van der Waals surface area contributed by atoms with Gasteiger partial charge in [0, 0.05) is 11.6 Å². The van der Waals surface area contributed by atoms with Crippen LogP contribution in [0, 0.1) is 5.92 Å². The first kappa shape index (κ1) is 21.4. The highest BCUT2D eigenvalue weighted by molar-refractivity contribution is 7.89. The second kappa shape index (κ2) is 9.74. The van der Waals surface area contributed by atoms with E-state index >= 15 is 0 Å². The molecule has 7 nitrogen and oxygen atoms in total. The van der Waals surface area contributed by atoms with Crippen LogP contribution in [0.3, 0.4) is 0 Å². The van der Waals surface area contributed by atoms with Gasteiger partial charge in [0.2, 0.25) is 21.8 Å². The van der Waals surface area contributed by atoms with Crippen LogP contribution in [0.4, 0.5) is 0 Å². The maximum atomic E-state index is 12.4. The van der Waals surface area contributed by atoms with Gasteiger partial charge in [0.05, 0.1) is 11.4 Å². The number of sulfonamides is 1. The quantitative estimate of drug-likeness (QED) is 0.591. The Kier molecular flexibility index (Phi) is 8.34. The summed E-state index contributed by atoms with van der Waals surface area (Å²) < 4.78 is 27.2. The van der Waals surface area contributed by atoms with E-state index in [1.165, 1.54) is 24.3 Å². The Morgan fingerprint density at radius 1 is 1.12 bits per heavy atom. The molecule has 0 heterocycles. The number of amides is 2. The van der Waals surface area contributed by atoms with Gasteiger partial charge in [-0.1, -0.05) is 32.4 Å². The Hall–Kier alpha value is -1.64. The van der Waals surface area contributed by atoms with E-state index in [0.29, 0.717) is 11.6 Å². The number of hydrogen-bond acceptors (Lipinski definition) is 4. The van der Waals surface area contributed by atoms with Gasteiger partial charge in [0.1, 0.15) is 6.04 Å². The lowest BCUT2D eigenvalue weighted by Gasteiger charge is -2.21. The van der Waals surface area contributed by atoms with Crippen molar-refractivity contribution in [2.45, 2.75) is 38.1 Å². The number of carbonyl (C=O) groups excluding carboxylic acids is 2. The molecule has 3 N–H and O–H groups in total. The Morgan fingerprint density at radius 2 is 1.72 bits per heavy atom. The zero-order valence-corrected chi connectivity index (χ0v) is 16.1. The zero-order chi connectivity index (χ0) is 19.0. The molecule has 0 aromatic heterocycles. The third-order valence-electron chi connectivity index (χ3n) is 3.35. The molecule has 0 spiro atoms. The van der Waals surface area contributed by atoms with E-state index in [1.807, 2.05) is 6.92 Å². The lowest BCUT2D eigenvalue weighted by molar-refractivity contribution is -0.127. The molecule has 1 rings (SSSR count). The zero-order valence-electron chi connectivity index (χ0n) is 14.5. The Morgan fingerprint density at radius 3 is 2.24 bits per heavy atom. The lowest BCUT2D eigenvalue weighted by atomic mass is 10.1. The lowest BCUT2D eigenvalue weighted by Crippen LogP contribution is -2.51. The number of hydrogen-bond donors (Lipinski definition) is 3. The minimum Gasteiger partial charge on any atom is -0.355 e. The van der Waals surface area contributed by atoms with Gasteiger partial charge in [-0.3, -0.25) is 9.59 Å². The van der Waals surface area contributed by atoms with Crippen molar-refractivity contribution in [1.82, 2.24) is 15.4 Å². The minimum absolute atomic E-state index is 0.0102. The molecule has 1 atom stereocenters. The summed E-state index contributed by atoms with van der Waals surface area (Å²) in [4.78, 5) is 23.9. The molecule has 0 aliphatic heterocycles. The summed E-state index contributed by atoms with van der Waals surface area (Å²) in [5.41, 5.74) is 0. The second-order valence-corrected chi connectivity index (χ2v) is 8.02. The Labute approximate surface area is 153 Å². The molecule has 0 aliphatic carbocycles. The van der Waals surface area contributed by atoms with E-state index in [4.69, 9.17) is 11.6 Å². The van der Waals surface area contributed by atoms with E-state index in [1.54, 1.807) is 13.8 Å². The molecule has 1 aromatic rings. The second-order valence-electron chi connectivity index (χ2n) is 5.86. The first-order valence-corrected chi connectivity index (χ1v) is 9.85. The van der Waals surface area contributed by atoms with Crippen LogP contribution >= 0.6 is 11.6 Å². The summed E-state index contributed by atoms with van der Waals surface area (Å²) in [5, 5.41) is 5.50. The van der Waals surface area contributed by atoms with Crippen LogP contribution in [0.2, 0.25) is 5.02 Å². The largest absolute Gasteiger partial charge is 0.355 e. The Bertz CT molecular complexity index is 690. The van der Waals surface area contributed by atoms with Crippen molar-refractivity contribution in [3.05, 3.63) is 29.3 Å². The van der Waals surface area contributed by atoms with Crippen LogP contribution < -0.4 is 15.4 Å². The molecule has 0 aliphatic rings. The van der Waals surface area contributed by atoms with Gasteiger partial charge < -0.3 is 10.6 Å². The van der Waals surface area contributed by atoms with E-state index in [0.717, 1.165) is 6.42 Å². The molecule has 9 heteroatoms. The molecule has 0 bridgehead atoms. The summed E-state index contributed by atoms with van der Waals surface area (Å²) in [6.45, 7) is 5.66. The van der Waals surface area contributed by atoms with E-state index in [-0.39, 0.29) is 23.3 Å². The first-order valence-electron chi connectivity index (χ1n) is 7.99. The van der Waals surface area contributed by atoms with Crippen molar-refractivity contribution < 1.29 is 18.0 Å². The van der Waals surface area contributed by atoms with Crippen LogP contribution in [0.25, 0.3) is 0 Å². The SMILES string of the molecule is CCCNC(=O)CNC(=O)C(NS(=O)(=O)c1ccc(Cl)cc1)C(C)C. The molecule has 0 saturated carbocycles. The van der Waals surface area contributed by atoms with Gasteiger partial charge in [-0.2, -0.15) is 4.72 Å². The monoisotopic (exact) mass is 389 g/mol. The fourth-order valence-electron chi connectivity index (χ4n) is 1.95. The van der Waals surface area contributed by atoms with Gasteiger partial charge in [-0.05, 0) is 36.6 Å². The molecule has 0 radical (unpaired) electrons. The molecule has 1 aromatic carbocycles. The van der Waals surface area contributed by atoms with E-state index in [9.17, 15) is 18.0 Å². The van der Waals surface area contributed by atoms with Crippen LogP contribution in [0.1, 0.15) is 27.2 Å². The molecule has 0 saturated heterocycles. The van der Waals surface area contributed by atoms with Crippen LogP contribution in [-0.2, 0) is 19.6 Å². The predicted octanol–water partition coefficient (Wildman–Crippen LogP) is 1.29. The minimum atomic E-state index is -3.89. The smallest absolute Gasteiger partial charge is 0.241 e. The summed E-state index contributed by atoms with van der Waals surface area (Å²) in [5.74, 6) is -1.18. The van der Waals surface area contributed by atoms with Gasteiger partial charge in [-0.25, -0.2) is 8.42 Å². The molecule has 2 amide bonds. The average molecular weight is 390 g/mol. The standard InChI is InChI=1S/C16H24ClN3O4S/c1-4-9-18-14(21)10-19-16(22)15(11(2)3)20-25(23,24)13-7-5-12(17)6-8-13/h5-8,11,15,20H,4,9-10H2,1-3H3,(H,18,21)(H,19,22). The molecular formula is C16H24ClN3O4S. The highest BCUT2D eigenvalue weighted by Gasteiger charge is 2.28. The summed E-state index contributed by atoms with van der Waals surface area (Å²) in [6.07, 6.45) is 0.787. The van der Waals surface area contributed by atoms with Gasteiger partial charge in [0.15, 0.2) is 0 Å². The first-order chi connectivity index (χ1) is 11.7. The third-order valence-corrected chi connectivity index (χ3v) is 5.06. The van der Waals surface area contributed by atoms with Gasteiger partial charge >= 0.3 is 0 Å². The highest BCUT2D eigenvalue weighted by Crippen LogP contribution is 2.15. The fraction of sp³-hybridized carbons (Fsp3) is 0.500. The summed E-state index contributed by atoms with van der Waals surface area (Å²) >= 11 is 5.76. The highest BCUT2D eigenvalue weighted by atomic mass is 35.5. The molecule has 0 fully saturated rings. The van der Waals surface area contributed by atoms with Crippen LogP contribution in [-0.4, -0.2) is 39.4 Å². The third kappa shape index (κ3) is 7.01. The van der Waals surface area contributed by atoms with Crippen molar-refractivity contribution in [2.24, 2.45) is 5.92 Å². The molecule has 25 heavy (non-hydrogen) atoms. The predicted molar refractivity (Wildman–Crippen MR) is 96.7 cm³/mol. The van der Waals surface area contributed by atoms with Gasteiger partial charge in [0.25, 0.3) is 0 Å². The summed E-state index contributed by atoms with van der Waals surface area (Å²) in [6, 6.07) is 4.63. The normalized spacial score (nSPS) is 12.7. The van der Waals surface area contributed by atoms with Crippen molar-refractivity contribution in [2.75, 3.05) is 13.1 Å². The number of nitrogens with one attached hydrogen (secondary N) is 3. The van der Waals surface area contributed by atoms with Crippen molar-refractivity contribution in [3.63, 3.8) is 0 Å². The summed E-state index contributed by atoms with van der Waals surface area (Å²) in [7, 11) is -3.89. The number of carbonyl (C=O) groups is 2. The van der Waals surface area contributed by atoms with Crippen molar-refractivity contribution in [1.29, 1.82) is 0 Å². The molecular weight excluding hydrogens is 366 g/mol. The Balaban J connectivity index is 2.77. The maximum Gasteiger partial charge on any atom is 0.241 e. The van der Waals surface area contributed by atoms with E-state index < -0.39 is 22.0 Å². The van der Waals surface area contributed by atoms with Crippen LogP contribution in [0.5, 0.6) is 0 Å². The van der Waals surface area contributed by atoms with E-state index in [2.05, 4.69) is 15.4 Å². The van der Waals surface area contributed by atoms with Crippen LogP contribution in [0.15, 0.2) is 29.2 Å². The van der Waals surface area contributed by atoms with Gasteiger partial charge in [-0.15, -0.1) is 0 Å².